The normalized spacial score (nSPS) is 34.2. The number of carbonyl (C=O) groups is 1. The van der Waals surface area contributed by atoms with Gasteiger partial charge in [0.2, 0.25) is 0 Å². The molecular formula is C20H27N3O2. The molecule has 134 valence electrons. The van der Waals surface area contributed by atoms with E-state index in [0.29, 0.717) is 38.0 Å². The molecule has 2 aliphatic carbocycles. The van der Waals surface area contributed by atoms with Crippen molar-refractivity contribution in [3.05, 3.63) is 24.0 Å². The molecule has 0 spiro atoms. The second-order valence-electron chi connectivity index (χ2n) is 8.39. The van der Waals surface area contributed by atoms with Crippen LogP contribution in [0.3, 0.4) is 0 Å². The van der Waals surface area contributed by atoms with Gasteiger partial charge in [0.15, 0.2) is 0 Å². The summed E-state index contributed by atoms with van der Waals surface area (Å²) in [6, 6.07) is 4.79. The standard InChI is InChI=1S/C20H27N3O2/c24-20(22-3-5-25-6-4-22)19-12-17(1-2-21-19)23-13-16-8-14-7-15(9-16)11-18(23)10-14/h1-2,12,14-16,18H,3-11,13H2/t14-,15+,16?,18?. The van der Waals surface area contributed by atoms with Gasteiger partial charge in [-0.05, 0) is 62.0 Å². The molecule has 1 aromatic heterocycles. The van der Waals surface area contributed by atoms with E-state index >= 15 is 0 Å². The van der Waals surface area contributed by atoms with Crippen LogP contribution in [0.1, 0.15) is 42.6 Å². The molecule has 2 saturated carbocycles. The number of nitrogens with zero attached hydrogens (tertiary/aromatic N) is 3. The molecule has 1 amide bonds. The predicted octanol–water partition coefficient (Wildman–Crippen LogP) is 2.57. The minimum atomic E-state index is 0.0470. The Bertz CT molecular complexity index is 644. The molecular weight excluding hydrogens is 314 g/mol. The summed E-state index contributed by atoms with van der Waals surface area (Å²) in [7, 11) is 0. The molecule has 0 aromatic carbocycles. The molecule has 1 aromatic rings. The van der Waals surface area contributed by atoms with Gasteiger partial charge in [-0.3, -0.25) is 9.78 Å². The summed E-state index contributed by atoms with van der Waals surface area (Å²) >= 11 is 0. The van der Waals surface area contributed by atoms with Gasteiger partial charge in [0, 0.05) is 37.6 Å². The molecule has 0 N–H and O–H groups in total. The Balaban J connectivity index is 1.40. The van der Waals surface area contributed by atoms with E-state index < -0.39 is 0 Å². The van der Waals surface area contributed by atoms with Crippen LogP contribution in [0.25, 0.3) is 0 Å². The van der Waals surface area contributed by atoms with Crippen LogP contribution >= 0.6 is 0 Å². The molecule has 6 rings (SSSR count). The number of anilines is 1. The van der Waals surface area contributed by atoms with Crippen LogP contribution in [-0.4, -0.2) is 54.7 Å². The molecule has 0 radical (unpaired) electrons. The van der Waals surface area contributed by atoms with E-state index in [4.69, 9.17) is 4.74 Å². The van der Waals surface area contributed by atoms with Crippen molar-refractivity contribution in [1.29, 1.82) is 0 Å². The highest BCUT2D eigenvalue weighted by atomic mass is 16.5. The summed E-state index contributed by atoms with van der Waals surface area (Å²) in [6.07, 6.45) is 8.77. The Hall–Kier alpha value is -1.62. The maximum Gasteiger partial charge on any atom is 0.272 e. The topological polar surface area (TPSA) is 45.7 Å². The number of hydrogen-bond donors (Lipinski definition) is 0. The number of ether oxygens (including phenoxy) is 1. The van der Waals surface area contributed by atoms with Gasteiger partial charge in [-0.15, -0.1) is 0 Å². The van der Waals surface area contributed by atoms with Gasteiger partial charge in [0.1, 0.15) is 5.69 Å². The summed E-state index contributed by atoms with van der Waals surface area (Å²) in [4.78, 5) is 21.6. The molecule has 25 heavy (non-hydrogen) atoms. The molecule has 5 fully saturated rings. The predicted molar refractivity (Wildman–Crippen MR) is 95.6 cm³/mol. The fourth-order valence-corrected chi connectivity index (χ4v) is 5.74. The number of fused-ring (bicyclic) bond motifs is 1. The van der Waals surface area contributed by atoms with Crippen LogP contribution in [0.5, 0.6) is 0 Å². The molecule has 5 nitrogen and oxygen atoms in total. The summed E-state index contributed by atoms with van der Waals surface area (Å²) in [5.74, 6) is 2.75. The highest BCUT2D eigenvalue weighted by molar-refractivity contribution is 5.93. The SMILES string of the molecule is O=C(c1cc(N2CC3C[C@@H]4CC2C[C@H](C3)C4)ccn1)N1CCOCC1. The Labute approximate surface area is 149 Å². The monoisotopic (exact) mass is 341 g/mol. The van der Waals surface area contributed by atoms with E-state index in [9.17, 15) is 4.79 Å². The lowest BCUT2D eigenvalue weighted by Gasteiger charge is -2.39. The van der Waals surface area contributed by atoms with Gasteiger partial charge in [-0.25, -0.2) is 0 Å². The van der Waals surface area contributed by atoms with Crippen molar-refractivity contribution >= 4 is 11.6 Å². The molecule has 4 atom stereocenters. The van der Waals surface area contributed by atoms with Crippen LogP contribution in [-0.2, 0) is 4.74 Å². The second kappa shape index (κ2) is 6.27. The van der Waals surface area contributed by atoms with Crippen molar-refractivity contribution in [2.24, 2.45) is 17.8 Å². The van der Waals surface area contributed by atoms with Gasteiger partial charge in [0.05, 0.1) is 13.2 Å². The van der Waals surface area contributed by atoms with Crippen LogP contribution in [0, 0.1) is 17.8 Å². The van der Waals surface area contributed by atoms with Crippen LogP contribution in [0.2, 0.25) is 0 Å². The van der Waals surface area contributed by atoms with Gasteiger partial charge in [-0.2, -0.15) is 0 Å². The lowest BCUT2D eigenvalue weighted by molar-refractivity contribution is 0.0299. The lowest BCUT2D eigenvalue weighted by Crippen LogP contribution is -2.41. The van der Waals surface area contributed by atoms with E-state index in [1.54, 1.807) is 0 Å². The van der Waals surface area contributed by atoms with Crippen molar-refractivity contribution in [3.8, 4) is 0 Å². The Morgan fingerprint density at radius 1 is 1.04 bits per heavy atom. The summed E-state index contributed by atoms with van der Waals surface area (Å²) in [5.41, 5.74) is 1.79. The van der Waals surface area contributed by atoms with Crippen molar-refractivity contribution in [2.75, 3.05) is 37.7 Å². The molecule has 4 bridgehead atoms. The van der Waals surface area contributed by atoms with Gasteiger partial charge >= 0.3 is 0 Å². The molecule has 5 aliphatic rings. The first-order valence-corrected chi connectivity index (χ1v) is 9.86. The molecule has 2 unspecified atom stereocenters. The molecule has 3 aliphatic heterocycles. The first-order valence-electron chi connectivity index (χ1n) is 9.86. The number of morpholine rings is 1. The van der Waals surface area contributed by atoms with E-state index in [-0.39, 0.29) is 5.91 Å². The van der Waals surface area contributed by atoms with Gasteiger partial charge in [-0.1, -0.05) is 0 Å². The van der Waals surface area contributed by atoms with E-state index in [2.05, 4.69) is 16.0 Å². The minimum Gasteiger partial charge on any atom is -0.378 e. The fourth-order valence-electron chi connectivity index (χ4n) is 5.74. The van der Waals surface area contributed by atoms with E-state index in [1.165, 1.54) is 37.8 Å². The van der Waals surface area contributed by atoms with Crippen molar-refractivity contribution in [3.63, 3.8) is 0 Å². The van der Waals surface area contributed by atoms with Crippen molar-refractivity contribution < 1.29 is 9.53 Å². The van der Waals surface area contributed by atoms with Crippen LogP contribution in [0.15, 0.2) is 18.3 Å². The average molecular weight is 341 g/mol. The molecule has 3 saturated heterocycles. The number of rotatable bonds is 2. The number of carbonyl (C=O) groups excluding carboxylic acids is 1. The zero-order valence-corrected chi connectivity index (χ0v) is 14.8. The number of amides is 1. The third-order valence-corrected chi connectivity index (χ3v) is 6.70. The van der Waals surface area contributed by atoms with Crippen molar-refractivity contribution in [2.45, 2.75) is 38.1 Å². The van der Waals surface area contributed by atoms with Gasteiger partial charge in [0.25, 0.3) is 5.91 Å². The maximum atomic E-state index is 12.8. The third kappa shape index (κ3) is 2.92. The van der Waals surface area contributed by atoms with Gasteiger partial charge < -0.3 is 14.5 Å². The second-order valence-corrected chi connectivity index (χ2v) is 8.39. The number of aromatic nitrogens is 1. The first-order chi connectivity index (χ1) is 12.3. The maximum absolute atomic E-state index is 12.8. The van der Waals surface area contributed by atoms with Crippen LogP contribution in [0.4, 0.5) is 5.69 Å². The van der Waals surface area contributed by atoms with E-state index in [0.717, 1.165) is 24.3 Å². The average Bonchev–Trinajstić information content (AvgIpc) is 2.85. The Kier molecular flexibility index (Phi) is 3.92. The fraction of sp³-hybridized carbons (Fsp3) is 0.700. The summed E-state index contributed by atoms with van der Waals surface area (Å²) in [6.45, 7) is 3.76. The summed E-state index contributed by atoms with van der Waals surface area (Å²) < 4.78 is 5.36. The minimum absolute atomic E-state index is 0.0470. The largest absolute Gasteiger partial charge is 0.378 e. The summed E-state index contributed by atoms with van der Waals surface area (Å²) in [5, 5.41) is 0. The van der Waals surface area contributed by atoms with E-state index in [1.807, 2.05) is 17.2 Å². The third-order valence-electron chi connectivity index (χ3n) is 6.70. The Morgan fingerprint density at radius 2 is 1.76 bits per heavy atom. The Morgan fingerprint density at radius 3 is 2.52 bits per heavy atom. The molecule has 4 heterocycles. The zero-order valence-electron chi connectivity index (χ0n) is 14.8. The highest BCUT2D eigenvalue weighted by Gasteiger charge is 2.42. The highest BCUT2D eigenvalue weighted by Crippen LogP contribution is 2.48. The lowest BCUT2D eigenvalue weighted by atomic mass is 9.68. The van der Waals surface area contributed by atoms with Crippen LogP contribution < -0.4 is 4.90 Å². The number of hydrogen-bond acceptors (Lipinski definition) is 4. The molecule has 5 heteroatoms. The zero-order chi connectivity index (χ0) is 16.8. The first kappa shape index (κ1) is 15.6. The van der Waals surface area contributed by atoms with Crippen molar-refractivity contribution in [1.82, 2.24) is 9.88 Å². The smallest absolute Gasteiger partial charge is 0.272 e. The quantitative estimate of drug-likeness (QED) is 0.829. The number of pyridine rings is 1.